The first-order valence-corrected chi connectivity index (χ1v) is 8.87. The summed E-state index contributed by atoms with van der Waals surface area (Å²) in [5.41, 5.74) is 4.45. The Morgan fingerprint density at radius 1 is 0.800 bits per heavy atom. The highest BCUT2D eigenvalue weighted by Gasteiger charge is 2.11. The van der Waals surface area contributed by atoms with Crippen LogP contribution in [-0.4, -0.2) is 11.6 Å². The van der Waals surface area contributed by atoms with E-state index in [9.17, 15) is 0 Å². The van der Waals surface area contributed by atoms with Gasteiger partial charge in [-0.25, -0.2) is 4.98 Å². The average molecular weight is 327 g/mol. The summed E-state index contributed by atoms with van der Waals surface area (Å²) in [6.07, 6.45) is 2.20. The zero-order chi connectivity index (χ0) is 17.1. The maximum Gasteiger partial charge on any atom is 0.120 e. The largest absolute Gasteiger partial charge is 0.494 e. The van der Waals surface area contributed by atoms with E-state index >= 15 is 0 Å². The van der Waals surface area contributed by atoms with E-state index in [0.29, 0.717) is 0 Å². The molecule has 1 heterocycles. The number of pyridine rings is 1. The van der Waals surface area contributed by atoms with Crippen LogP contribution in [0.15, 0.2) is 72.8 Å². The second-order valence-electron chi connectivity index (χ2n) is 6.25. The number of rotatable bonds is 5. The molecule has 2 nitrogen and oxygen atoms in total. The Morgan fingerprint density at radius 3 is 2.40 bits per heavy atom. The fourth-order valence-electron chi connectivity index (χ4n) is 3.21. The molecule has 0 bridgehead atoms. The molecule has 0 fully saturated rings. The quantitative estimate of drug-likeness (QED) is 0.320. The monoisotopic (exact) mass is 327 g/mol. The van der Waals surface area contributed by atoms with E-state index in [-0.39, 0.29) is 0 Å². The molecular weight excluding hydrogens is 306 g/mol. The lowest BCUT2D eigenvalue weighted by atomic mass is 9.96. The van der Waals surface area contributed by atoms with E-state index in [1.165, 1.54) is 16.5 Å². The fraction of sp³-hybridized carbons (Fsp3) is 0.174. The Kier molecular flexibility index (Phi) is 4.34. The van der Waals surface area contributed by atoms with Gasteiger partial charge in [0.15, 0.2) is 0 Å². The predicted molar refractivity (Wildman–Crippen MR) is 105 cm³/mol. The second-order valence-corrected chi connectivity index (χ2v) is 6.25. The third-order valence-electron chi connectivity index (χ3n) is 4.48. The molecule has 124 valence electrons. The van der Waals surface area contributed by atoms with Crippen LogP contribution < -0.4 is 4.74 Å². The second kappa shape index (κ2) is 6.94. The van der Waals surface area contributed by atoms with Crippen molar-refractivity contribution in [2.45, 2.75) is 19.8 Å². The van der Waals surface area contributed by atoms with E-state index in [0.717, 1.165) is 41.6 Å². The molecule has 0 saturated carbocycles. The van der Waals surface area contributed by atoms with E-state index in [4.69, 9.17) is 9.72 Å². The van der Waals surface area contributed by atoms with Gasteiger partial charge in [0.05, 0.1) is 17.6 Å². The highest BCUT2D eigenvalue weighted by molar-refractivity contribution is 6.09. The van der Waals surface area contributed by atoms with Crippen LogP contribution >= 0.6 is 0 Å². The first-order valence-electron chi connectivity index (χ1n) is 8.87. The average Bonchev–Trinajstić information content (AvgIpc) is 2.67. The number of unbranched alkanes of at least 4 members (excludes halogenated alkanes) is 1. The lowest BCUT2D eigenvalue weighted by Crippen LogP contribution is -1.97. The van der Waals surface area contributed by atoms with Crippen LogP contribution in [0.5, 0.6) is 5.75 Å². The van der Waals surface area contributed by atoms with Crippen molar-refractivity contribution < 1.29 is 4.74 Å². The smallest absolute Gasteiger partial charge is 0.120 e. The fourth-order valence-corrected chi connectivity index (χ4v) is 3.21. The van der Waals surface area contributed by atoms with E-state index < -0.39 is 0 Å². The molecule has 0 amide bonds. The van der Waals surface area contributed by atoms with Gasteiger partial charge in [-0.3, -0.25) is 0 Å². The molecule has 0 spiro atoms. The lowest BCUT2D eigenvalue weighted by molar-refractivity contribution is 0.310. The molecule has 4 rings (SSSR count). The maximum absolute atomic E-state index is 5.93. The van der Waals surface area contributed by atoms with Crippen molar-refractivity contribution in [2.75, 3.05) is 6.61 Å². The summed E-state index contributed by atoms with van der Waals surface area (Å²) in [4.78, 5) is 4.85. The Balaban J connectivity index is 1.96. The molecule has 25 heavy (non-hydrogen) atoms. The van der Waals surface area contributed by atoms with Crippen LogP contribution in [0.3, 0.4) is 0 Å². The molecule has 0 aliphatic heterocycles. The van der Waals surface area contributed by atoms with E-state index in [1.54, 1.807) is 0 Å². The third kappa shape index (κ3) is 3.08. The normalized spacial score (nSPS) is 11.1. The van der Waals surface area contributed by atoms with Crippen molar-refractivity contribution in [1.82, 2.24) is 4.98 Å². The van der Waals surface area contributed by atoms with E-state index in [2.05, 4.69) is 61.5 Å². The van der Waals surface area contributed by atoms with Crippen LogP contribution in [0.25, 0.3) is 32.9 Å². The lowest BCUT2D eigenvalue weighted by Gasteiger charge is -2.13. The van der Waals surface area contributed by atoms with Crippen molar-refractivity contribution in [1.29, 1.82) is 0 Å². The van der Waals surface area contributed by atoms with Crippen molar-refractivity contribution in [3.8, 4) is 16.9 Å². The van der Waals surface area contributed by atoms with Crippen LogP contribution in [-0.2, 0) is 0 Å². The Bertz CT molecular complexity index is 1010. The predicted octanol–water partition coefficient (Wildman–Crippen LogP) is 6.23. The van der Waals surface area contributed by atoms with Crippen molar-refractivity contribution in [2.24, 2.45) is 0 Å². The van der Waals surface area contributed by atoms with Gasteiger partial charge in [0, 0.05) is 16.3 Å². The summed E-state index contributed by atoms with van der Waals surface area (Å²) in [5, 5.41) is 2.31. The number of nitrogens with zero attached hydrogens (tertiary/aromatic N) is 1. The van der Waals surface area contributed by atoms with Gasteiger partial charge in [-0.2, -0.15) is 0 Å². The first kappa shape index (κ1) is 15.6. The summed E-state index contributed by atoms with van der Waals surface area (Å²) in [5.74, 6) is 0.912. The topological polar surface area (TPSA) is 22.1 Å². The molecule has 0 N–H and O–H groups in total. The molecule has 4 aromatic rings. The van der Waals surface area contributed by atoms with Crippen LogP contribution in [0.2, 0.25) is 0 Å². The standard InChI is InChI=1S/C23H21NO/c1-2-3-15-25-18-13-14-22-20(16-18)23(17-9-5-4-6-10-17)19-11-7-8-12-21(19)24-22/h4-14,16H,2-3,15H2,1H3. The summed E-state index contributed by atoms with van der Waals surface area (Å²) in [7, 11) is 0. The zero-order valence-corrected chi connectivity index (χ0v) is 14.4. The van der Waals surface area contributed by atoms with Gasteiger partial charge in [-0.05, 0) is 36.2 Å². The number of benzene rings is 3. The van der Waals surface area contributed by atoms with Crippen LogP contribution in [0, 0.1) is 0 Å². The number of aromatic nitrogens is 1. The maximum atomic E-state index is 5.93. The van der Waals surface area contributed by atoms with Gasteiger partial charge in [0.2, 0.25) is 0 Å². The third-order valence-corrected chi connectivity index (χ3v) is 4.48. The number of hydrogen-bond acceptors (Lipinski definition) is 2. The molecule has 2 heteroatoms. The summed E-state index contributed by atoms with van der Waals surface area (Å²) in [6, 6.07) is 25.1. The molecule has 0 unspecified atom stereocenters. The van der Waals surface area contributed by atoms with Crippen molar-refractivity contribution >= 4 is 21.8 Å². The Hall–Kier alpha value is -2.87. The first-order chi connectivity index (χ1) is 12.4. The summed E-state index contributed by atoms with van der Waals surface area (Å²) < 4.78 is 5.93. The van der Waals surface area contributed by atoms with Crippen LogP contribution in [0.4, 0.5) is 0 Å². The highest BCUT2D eigenvalue weighted by Crippen LogP contribution is 2.36. The Labute approximate surface area is 148 Å². The number of para-hydroxylation sites is 1. The highest BCUT2D eigenvalue weighted by atomic mass is 16.5. The molecule has 1 aromatic heterocycles. The number of fused-ring (bicyclic) bond motifs is 2. The molecule has 0 aliphatic rings. The number of ether oxygens (including phenoxy) is 1. The molecule has 0 radical (unpaired) electrons. The van der Waals surface area contributed by atoms with Gasteiger partial charge in [0.25, 0.3) is 0 Å². The van der Waals surface area contributed by atoms with Gasteiger partial charge in [-0.1, -0.05) is 61.9 Å². The zero-order valence-electron chi connectivity index (χ0n) is 14.4. The van der Waals surface area contributed by atoms with Crippen molar-refractivity contribution in [3.05, 3.63) is 72.8 Å². The molecule has 0 saturated heterocycles. The minimum Gasteiger partial charge on any atom is -0.494 e. The van der Waals surface area contributed by atoms with Gasteiger partial charge >= 0.3 is 0 Å². The van der Waals surface area contributed by atoms with Crippen LogP contribution in [0.1, 0.15) is 19.8 Å². The van der Waals surface area contributed by atoms with E-state index in [1.807, 2.05) is 18.2 Å². The van der Waals surface area contributed by atoms with Gasteiger partial charge in [0.1, 0.15) is 5.75 Å². The minimum absolute atomic E-state index is 0.754. The Morgan fingerprint density at radius 2 is 1.56 bits per heavy atom. The van der Waals surface area contributed by atoms with Crippen molar-refractivity contribution in [3.63, 3.8) is 0 Å². The van der Waals surface area contributed by atoms with Gasteiger partial charge < -0.3 is 4.74 Å². The SMILES string of the molecule is CCCCOc1ccc2nc3ccccc3c(-c3ccccc3)c2c1. The van der Waals surface area contributed by atoms with Gasteiger partial charge in [-0.15, -0.1) is 0 Å². The number of hydrogen-bond donors (Lipinski definition) is 0. The molecule has 0 atom stereocenters. The summed E-state index contributed by atoms with van der Waals surface area (Å²) in [6.45, 7) is 2.93. The molecular formula is C23H21NO. The minimum atomic E-state index is 0.754. The molecule has 0 aliphatic carbocycles. The summed E-state index contributed by atoms with van der Waals surface area (Å²) >= 11 is 0. The molecule has 3 aromatic carbocycles.